The number of nitrogens with zero attached hydrogens (tertiary/aromatic N) is 1. The fraction of sp³-hybridized carbons (Fsp3) is 0.600. The number of anilines is 1. The molecule has 0 bridgehead atoms. The van der Waals surface area contributed by atoms with Gasteiger partial charge in [0.1, 0.15) is 6.23 Å². The molecular formula is C15H23NO. The molecule has 17 heavy (non-hydrogen) atoms. The van der Waals surface area contributed by atoms with Gasteiger partial charge < -0.3 is 10.0 Å². The van der Waals surface area contributed by atoms with Gasteiger partial charge in [0, 0.05) is 11.7 Å². The minimum absolute atomic E-state index is 0.402. The van der Waals surface area contributed by atoms with Crippen molar-refractivity contribution < 1.29 is 5.11 Å². The summed E-state index contributed by atoms with van der Waals surface area (Å²) in [5.74, 6) is 0. The molecule has 2 nitrogen and oxygen atoms in total. The smallest absolute Gasteiger partial charge is 0.124 e. The number of rotatable bonds is 3. The van der Waals surface area contributed by atoms with Gasteiger partial charge in [-0.15, -0.1) is 0 Å². The highest BCUT2D eigenvalue weighted by Crippen LogP contribution is 2.28. The van der Waals surface area contributed by atoms with Crippen molar-refractivity contribution in [2.75, 3.05) is 4.90 Å². The first-order valence-corrected chi connectivity index (χ1v) is 6.71. The van der Waals surface area contributed by atoms with E-state index in [1.54, 1.807) is 0 Å². The molecular weight excluding hydrogens is 210 g/mol. The zero-order valence-corrected chi connectivity index (χ0v) is 10.9. The van der Waals surface area contributed by atoms with E-state index in [0.717, 1.165) is 5.69 Å². The van der Waals surface area contributed by atoms with Crippen LogP contribution in [0.2, 0.25) is 0 Å². The molecule has 1 aliphatic rings. The van der Waals surface area contributed by atoms with E-state index in [1.807, 2.05) is 6.92 Å². The Kier molecular flexibility index (Phi) is 4.06. The third-order valence-electron chi connectivity index (χ3n) is 3.70. The SMILES string of the molecule is Cc1ccc(N(C(C)O)C2CCCCC2)cc1. The van der Waals surface area contributed by atoms with Crippen LogP contribution in [0, 0.1) is 6.92 Å². The standard InChI is InChI=1S/C15H23NO/c1-12-8-10-15(11-9-12)16(13(2)17)14-6-4-3-5-7-14/h8-11,13-14,17H,3-7H2,1-2H3. The maximum Gasteiger partial charge on any atom is 0.124 e. The summed E-state index contributed by atoms with van der Waals surface area (Å²) in [5.41, 5.74) is 2.42. The lowest BCUT2D eigenvalue weighted by molar-refractivity contribution is 0.168. The molecule has 0 aromatic heterocycles. The van der Waals surface area contributed by atoms with Crippen molar-refractivity contribution in [3.63, 3.8) is 0 Å². The lowest BCUT2D eigenvalue weighted by Gasteiger charge is -2.38. The molecule has 0 amide bonds. The van der Waals surface area contributed by atoms with Crippen LogP contribution in [0.5, 0.6) is 0 Å². The Morgan fingerprint density at radius 2 is 1.71 bits per heavy atom. The maximum absolute atomic E-state index is 10.0. The highest BCUT2D eigenvalue weighted by atomic mass is 16.3. The Bertz CT molecular complexity index is 338. The predicted octanol–water partition coefficient (Wildman–Crippen LogP) is 3.47. The minimum Gasteiger partial charge on any atom is -0.374 e. The average Bonchev–Trinajstić information content (AvgIpc) is 2.33. The Labute approximate surface area is 104 Å². The molecule has 1 fully saturated rings. The predicted molar refractivity (Wildman–Crippen MR) is 72.2 cm³/mol. The highest BCUT2D eigenvalue weighted by Gasteiger charge is 2.24. The number of benzene rings is 1. The molecule has 1 saturated carbocycles. The van der Waals surface area contributed by atoms with E-state index >= 15 is 0 Å². The zero-order valence-electron chi connectivity index (χ0n) is 10.9. The minimum atomic E-state index is -0.402. The summed E-state index contributed by atoms with van der Waals surface area (Å²) in [5, 5.41) is 10.0. The fourth-order valence-corrected chi connectivity index (χ4v) is 2.81. The second kappa shape index (κ2) is 5.54. The zero-order chi connectivity index (χ0) is 12.3. The average molecular weight is 233 g/mol. The summed E-state index contributed by atoms with van der Waals surface area (Å²) in [6.45, 7) is 3.96. The van der Waals surface area contributed by atoms with Crippen molar-refractivity contribution in [2.24, 2.45) is 0 Å². The van der Waals surface area contributed by atoms with Crippen LogP contribution in [0.25, 0.3) is 0 Å². The number of hydrogen-bond acceptors (Lipinski definition) is 2. The molecule has 0 saturated heterocycles. The molecule has 1 atom stereocenters. The third kappa shape index (κ3) is 3.01. The van der Waals surface area contributed by atoms with Crippen LogP contribution in [-0.2, 0) is 0 Å². The van der Waals surface area contributed by atoms with Crippen LogP contribution in [0.3, 0.4) is 0 Å². The summed E-state index contributed by atoms with van der Waals surface area (Å²) >= 11 is 0. The molecule has 1 unspecified atom stereocenters. The molecule has 2 rings (SSSR count). The second-order valence-corrected chi connectivity index (χ2v) is 5.17. The highest BCUT2D eigenvalue weighted by molar-refractivity contribution is 5.49. The first kappa shape index (κ1) is 12.4. The second-order valence-electron chi connectivity index (χ2n) is 5.17. The van der Waals surface area contributed by atoms with Crippen molar-refractivity contribution in [1.82, 2.24) is 0 Å². The molecule has 0 aliphatic heterocycles. The lowest BCUT2D eigenvalue weighted by atomic mass is 9.93. The molecule has 0 radical (unpaired) electrons. The molecule has 0 heterocycles. The molecule has 1 aliphatic carbocycles. The molecule has 1 aromatic carbocycles. The van der Waals surface area contributed by atoms with E-state index in [2.05, 4.69) is 36.1 Å². The van der Waals surface area contributed by atoms with Gasteiger partial charge in [0.2, 0.25) is 0 Å². The van der Waals surface area contributed by atoms with Crippen molar-refractivity contribution in [3.05, 3.63) is 29.8 Å². The fourth-order valence-electron chi connectivity index (χ4n) is 2.81. The monoisotopic (exact) mass is 233 g/mol. The lowest BCUT2D eigenvalue weighted by Crippen LogP contribution is -2.43. The molecule has 94 valence electrons. The van der Waals surface area contributed by atoms with Gasteiger partial charge >= 0.3 is 0 Å². The van der Waals surface area contributed by atoms with Crippen LogP contribution in [-0.4, -0.2) is 17.4 Å². The normalized spacial score (nSPS) is 19.0. The molecule has 2 heteroatoms. The first-order chi connectivity index (χ1) is 8.18. The largest absolute Gasteiger partial charge is 0.374 e. The van der Waals surface area contributed by atoms with Crippen molar-refractivity contribution in [2.45, 2.75) is 58.2 Å². The number of aryl methyl sites for hydroxylation is 1. The van der Waals surface area contributed by atoms with Crippen LogP contribution in [0.15, 0.2) is 24.3 Å². The van der Waals surface area contributed by atoms with Gasteiger partial charge in [0.15, 0.2) is 0 Å². The van der Waals surface area contributed by atoms with Gasteiger partial charge in [-0.3, -0.25) is 0 Å². The Morgan fingerprint density at radius 1 is 1.12 bits per heavy atom. The quantitative estimate of drug-likeness (QED) is 0.808. The summed E-state index contributed by atoms with van der Waals surface area (Å²) in [6, 6.07) is 8.99. The Morgan fingerprint density at radius 3 is 2.24 bits per heavy atom. The summed E-state index contributed by atoms with van der Waals surface area (Å²) in [6.07, 6.45) is 5.94. The van der Waals surface area contributed by atoms with Gasteiger partial charge in [0.25, 0.3) is 0 Å². The number of aliphatic hydroxyl groups excluding tert-OH is 1. The van der Waals surface area contributed by atoms with Crippen molar-refractivity contribution in [3.8, 4) is 0 Å². The van der Waals surface area contributed by atoms with Crippen LogP contribution >= 0.6 is 0 Å². The molecule has 0 spiro atoms. The van der Waals surface area contributed by atoms with Gasteiger partial charge in [-0.05, 0) is 38.8 Å². The summed E-state index contributed by atoms with van der Waals surface area (Å²) in [7, 11) is 0. The Hall–Kier alpha value is -1.02. The van der Waals surface area contributed by atoms with E-state index in [4.69, 9.17) is 0 Å². The van der Waals surface area contributed by atoms with Gasteiger partial charge in [-0.25, -0.2) is 0 Å². The van der Waals surface area contributed by atoms with Crippen molar-refractivity contribution in [1.29, 1.82) is 0 Å². The summed E-state index contributed by atoms with van der Waals surface area (Å²) in [4.78, 5) is 2.18. The van der Waals surface area contributed by atoms with Crippen LogP contribution in [0.1, 0.15) is 44.6 Å². The van der Waals surface area contributed by atoms with Crippen molar-refractivity contribution >= 4 is 5.69 Å². The van der Waals surface area contributed by atoms with Gasteiger partial charge in [0.05, 0.1) is 0 Å². The van der Waals surface area contributed by atoms with E-state index in [-0.39, 0.29) is 0 Å². The van der Waals surface area contributed by atoms with Crippen LogP contribution in [0.4, 0.5) is 5.69 Å². The number of hydrogen-bond donors (Lipinski definition) is 1. The van der Waals surface area contributed by atoms with E-state index in [9.17, 15) is 5.11 Å². The van der Waals surface area contributed by atoms with Gasteiger partial charge in [-0.1, -0.05) is 37.0 Å². The summed E-state index contributed by atoms with van der Waals surface area (Å²) < 4.78 is 0. The third-order valence-corrected chi connectivity index (χ3v) is 3.70. The maximum atomic E-state index is 10.0. The topological polar surface area (TPSA) is 23.5 Å². The van der Waals surface area contributed by atoms with E-state index in [1.165, 1.54) is 37.7 Å². The van der Waals surface area contributed by atoms with E-state index < -0.39 is 6.23 Å². The Balaban J connectivity index is 2.18. The van der Waals surface area contributed by atoms with E-state index in [0.29, 0.717) is 6.04 Å². The molecule has 1 N–H and O–H groups in total. The first-order valence-electron chi connectivity index (χ1n) is 6.71. The van der Waals surface area contributed by atoms with Crippen LogP contribution < -0.4 is 4.90 Å². The molecule has 1 aromatic rings. The van der Waals surface area contributed by atoms with Gasteiger partial charge in [-0.2, -0.15) is 0 Å². The number of aliphatic hydroxyl groups is 1.